The SMILES string of the molecule is CCN(CC)CCc1nnnn1-c1ccc(O)cc1. The zero-order chi connectivity index (χ0) is 13.7. The van der Waals surface area contributed by atoms with E-state index in [1.807, 2.05) is 0 Å². The maximum Gasteiger partial charge on any atom is 0.157 e. The van der Waals surface area contributed by atoms with Crippen LogP contribution in [0.1, 0.15) is 19.7 Å². The zero-order valence-corrected chi connectivity index (χ0v) is 11.3. The Morgan fingerprint density at radius 1 is 1.16 bits per heavy atom. The fraction of sp³-hybridized carbons (Fsp3) is 0.462. The summed E-state index contributed by atoms with van der Waals surface area (Å²) in [6.07, 6.45) is 0.801. The molecule has 0 spiro atoms. The summed E-state index contributed by atoms with van der Waals surface area (Å²) >= 11 is 0. The van der Waals surface area contributed by atoms with Gasteiger partial charge in [-0.3, -0.25) is 0 Å². The standard InChI is InChI=1S/C13H19N5O/c1-3-17(4-2)10-9-13-14-15-16-18(13)11-5-7-12(19)8-6-11/h5-8,19H,3-4,9-10H2,1-2H3. The highest BCUT2D eigenvalue weighted by Gasteiger charge is 2.09. The normalized spacial score (nSPS) is 11.1. The molecule has 6 nitrogen and oxygen atoms in total. The largest absolute Gasteiger partial charge is 0.508 e. The molecular weight excluding hydrogens is 242 g/mol. The summed E-state index contributed by atoms with van der Waals surface area (Å²) < 4.78 is 1.71. The van der Waals surface area contributed by atoms with Crippen molar-refractivity contribution in [1.29, 1.82) is 0 Å². The molecule has 1 heterocycles. The second-order valence-electron chi connectivity index (χ2n) is 4.30. The van der Waals surface area contributed by atoms with E-state index in [9.17, 15) is 5.11 Å². The maximum absolute atomic E-state index is 9.30. The Kier molecular flexibility index (Phi) is 4.46. The van der Waals surface area contributed by atoms with Gasteiger partial charge in [-0.1, -0.05) is 13.8 Å². The lowest BCUT2D eigenvalue weighted by Gasteiger charge is -2.17. The monoisotopic (exact) mass is 261 g/mol. The quantitative estimate of drug-likeness (QED) is 0.847. The van der Waals surface area contributed by atoms with Crippen LogP contribution in [0.4, 0.5) is 0 Å². The molecule has 102 valence electrons. The molecule has 0 atom stereocenters. The number of phenolic OH excluding ortho intramolecular Hbond substituents is 1. The number of rotatable bonds is 6. The van der Waals surface area contributed by atoms with Gasteiger partial charge < -0.3 is 10.0 Å². The number of hydrogen-bond acceptors (Lipinski definition) is 5. The van der Waals surface area contributed by atoms with Crippen LogP contribution in [0.15, 0.2) is 24.3 Å². The fourth-order valence-corrected chi connectivity index (χ4v) is 1.95. The van der Waals surface area contributed by atoms with Gasteiger partial charge in [0, 0.05) is 13.0 Å². The summed E-state index contributed by atoms with van der Waals surface area (Å²) in [5, 5.41) is 21.1. The number of phenols is 1. The average molecular weight is 261 g/mol. The lowest BCUT2D eigenvalue weighted by Crippen LogP contribution is -2.26. The van der Waals surface area contributed by atoms with E-state index in [-0.39, 0.29) is 5.75 Å². The fourth-order valence-electron chi connectivity index (χ4n) is 1.95. The molecule has 1 N–H and O–H groups in total. The van der Waals surface area contributed by atoms with Crippen LogP contribution >= 0.6 is 0 Å². The lowest BCUT2D eigenvalue weighted by atomic mass is 10.3. The molecule has 0 aliphatic carbocycles. The van der Waals surface area contributed by atoms with Crippen LogP contribution in [0.5, 0.6) is 5.75 Å². The minimum absolute atomic E-state index is 0.238. The molecule has 0 bridgehead atoms. The van der Waals surface area contributed by atoms with Gasteiger partial charge in [0.1, 0.15) is 5.75 Å². The van der Waals surface area contributed by atoms with Crippen LogP contribution in [0, 0.1) is 0 Å². The van der Waals surface area contributed by atoms with Crippen molar-refractivity contribution in [2.24, 2.45) is 0 Å². The molecule has 19 heavy (non-hydrogen) atoms. The van der Waals surface area contributed by atoms with Gasteiger partial charge in [0.15, 0.2) is 5.82 Å². The van der Waals surface area contributed by atoms with Crippen molar-refractivity contribution in [2.75, 3.05) is 19.6 Å². The van der Waals surface area contributed by atoms with Crippen molar-refractivity contribution in [3.8, 4) is 11.4 Å². The van der Waals surface area contributed by atoms with Crippen LogP contribution in [0.3, 0.4) is 0 Å². The van der Waals surface area contributed by atoms with Gasteiger partial charge in [0.25, 0.3) is 0 Å². The van der Waals surface area contributed by atoms with Crippen LogP contribution in [0.2, 0.25) is 0 Å². The second-order valence-corrected chi connectivity index (χ2v) is 4.30. The molecule has 0 amide bonds. The van der Waals surface area contributed by atoms with E-state index in [1.165, 1.54) is 0 Å². The van der Waals surface area contributed by atoms with Crippen molar-refractivity contribution >= 4 is 0 Å². The highest BCUT2D eigenvalue weighted by molar-refractivity contribution is 5.36. The average Bonchev–Trinajstić information content (AvgIpc) is 2.89. The van der Waals surface area contributed by atoms with E-state index in [4.69, 9.17) is 0 Å². The van der Waals surface area contributed by atoms with E-state index in [2.05, 4.69) is 34.3 Å². The second kappa shape index (κ2) is 6.29. The first kappa shape index (κ1) is 13.5. The van der Waals surface area contributed by atoms with E-state index in [0.717, 1.165) is 37.6 Å². The van der Waals surface area contributed by atoms with Crippen LogP contribution in [-0.4, -0.2) is 49.8 Å². The molecule has 0 radical (unpaired) electrons. The summed E-state index contributed by atoms with van der Waals surface area (Å²) in [4.78, 5) is 2.33. The summed E-state index contributed by atoms with van der Waals surface area (Å²) in [6.45, 7) is 7.28. The number of aromatic hydroxyl groups is 1. The Balaban J connectivity index is 2.11. The first-order valence-electron chi connectivity index (χ1n) is 6.53. The molecule has 0 saturated heterocycles. The maximum atomic E-state index is 9.30. The third-order valence-electron chi connectivity index (χ3n) is 3.17. The van der Waals surface area contributed by atoms with E-state index >= 15 is 0 Å². The van der Waals surface area contributed by atoms with Gasteiger partial charge in [0.2, 0.25) is 0 Å². The Morgan fingerprint density at radius 3 is 2.47 bits per heavy atom. The van der Waals surface area contributed by atoms with Gasteiger partial charge in [-0.05, 0) is 47.8 Å². The summed E-state index contributed by atoms with van der Waals surface area (Å²) in [7, 11) is 0. The summed E-state index contributed by atoms with van der Waals surface area (Å²) in [5.74, 6) is 1.07. The summed E-state index contributed by atoms with van der Waals surface area (Å²) in [5.41, 5.74) is 0.859. The first-order valence-corrected chi connectivity index (χ1v) is 6.53. The molecule has 0 aliphatic rings. The number of hydrogen-bond donors (Lipinski definition) is 1. The van der Waals surface area contributed by atoms with Gasteiger partial charge in [-0.15, -0.1) is 5.10 Å². The van der Waals surface area contributed by atoms with Crippen molar-refractivity contribution in [1.82, 2.24) is 25.1 Å². The van der Waals surface area contributed by atoms with Crippen molar-refractivity contribution in [3.05, 3.63) is 30.1 Å². The lowest BCUT2D eigenvalue weighted by molar-refractivity contribution is 0.305. The molecule has 2 aromatic rings. The predicted octanol–water partition coefficient (Wildman–Crippen LogP) is 1.25. The number of tetrazole rings is 1. The first-order chi connectivity index (χ1) is 9.24. The Morgan fingerprint density at radius 2 is 1.84 bits per heavy atom. The topological polar surface area (TPSA) is 67.1 Å². The smallest absolute Gasteiger partial charge is 0.157 e. The van der Waals surface area contributed by atoms with Gasteiger partial charge in [0.05, 0.1) is 5.69 Å². The molecule has 2 rings (SSSR count). The zero-order valence-electron chi connectivity index (χ0n) is 11.3. The number of aromatic nitrogens is 4. The Labute approximate surface area is 112 Å². The molecule has 1 aromatic carbocycles. The minimum atomic E-state index is 0.238. The summed E-state index contributed by atoms with van der Waals surface area (Å²) in [6, 6.07) is 6.86. The Bertz CT molecular complexity index is 504. The van der Waals surface area contributed by atoms with E-state index < -0.39 is 0 Å². The molecule has 0 saturated carbocycles. The van der Waals surface area contributed by atoms with Crippen molar-refractivity contribution in [3.63, 3.8) is 0 Å². The molecule has 0 aliphatic heterocycles. The van der Waals surface area contributed by atoms with Crippen LogP contribution < -0.4 is 0 Å². The van der Waals surface area contributed by atoms with Crippen LogP contribution in [0.25, 0.3) is 5.69 Å². The number of likely N-dealkylation sites (N-methyl/N-ethyl adjacent to an activating group) is 1. The minimum Gasteiger partial charge on any atom is -0.508 e. The third-order valence-corrected chi connectivity index (χ3v) is 3.17. The number of nitrogens with zero attached hydrogens (tertiary/aromatic N) is 5. The highest BCUT2D eigenvalue weighted by atomic mass is 16.3. The molecule has 0 fully saturated rings. The van der Waals surface area contributed by atoms with Gasteiger partial charge >= 0.3 is 0 Å². The van der Waals surface area contributed by atoms with Crippen molar-refractivity contribution in [2.45, 2.75) is 20.3 Å². The van der Waals surface area contributed by atoms with Gasteiger partial charge in [-0.2, -0.15) is 4.68 Å². The number of benzene rings is 1. The van der Waals surface area contributed by atoms with E-state index in [1.54, 1.807) is 28.9 Å². The Hall–Kier alpha value is -1.95. The molecular formula is C13H19N5O. The highest BCUT2D eigenvalue weighted by Crippen LogP contribution is 2.13. The van der Waals surface area contributed by atoms with Gasteiger partial charge in [-0.25, -0.2) is 0 Å². The molecule has 1 aromatic heterocycles. The van der Waals surface area contributed by atoms with Crippen molar-refractivity contribution < 1.29 is 5.11 Å². The van der Waals surface area contributed by atoms with Crippen LogP contribution in [-0.2, 0) is 6.42 Å². The molecule has 6 heteroatoms. The van der Waals surface area contributed by atoms with E-state index in [0.29, 0.717) is 0 Å². The predicted molar refractivity (Wildman–Crippen MR) is 72.3 cm³/mol. The molecule has 0 unspecified atom stereocenters. The third kappa shape index (κ3) is 3.29.